The maximum absolute atomic E-state index is 11.0. The van der Waals surface area contributed by atoms with Gasteiger partial charge in [0.2, 0.25) is 0 Å². The molecule has 1 fully saturated rings. The predicted octanol–water partition coefficient (Wildman–Crippen LogP) is 1.56. The number of morpholine rings is 1. The van der Waals surface area contributed by atoms with Gasteiger partial charge < -0.3 is 10.1 Å². The minimum Gasteiger partial charge on any atom is -0.378 e. The molecule has 0 amide bonds. The average Bonchev–Trinajstić information content (AvgIpc) is 2.29. The number of aryl methyl sites for hydroxylation is 1. The molecule has 1 saturated heterocycles. The molecule has 0 saturated carbocycles. The van der Waals surface area contributed by atoms with E-state index in [0.717, 1.165) is 17.7 Å². The number of nitrogens with zero attached hydrogens (tertiary/aromatic N) is 1. The largest absolute Gasteiger partial charge is 0.378 e. The van der Waals surface area contributed by atoms with Crippen LogP contribution in [-0.4, -0.2) is 24.7 Å². The van der Waals surface area contributed by atoms with Crippen molar-refractivity contribution in [3.8, 4) is 0 Å². The maximum atomic E-state index is 11.0. The molecule has 1 aliphatic rings. The second kappa shape index (κ2) is 4.59. The molecule has 1 atom stereocenters. The Morgan fingerprint density at radius 2 is 2.38 bits per heavy atom. The molecule has 5 heteroatoms. The van der Waals surface area contributed by atoms with Gasteiger partial charge in [0.1, 0.15) is 0 Å². The molecule has 0 radical (unpaired) electrons. The summed E-state index contributed by atoms with van der Waals surface area (Å²) in [6, 6.07) is 5.06. The first-order valence-electron chi connectivity index (χ1n) is 5.25. The zero-order chi connectivity index (χ0) is 11.5. The van der Waals surface area contributed by atoms with Crippen LogP contribution in [0.25, 0.3) is 0 Å². The van der Waals surface area contributed by atoms with Crippen LogP contribution in [0.1, 0.15) is 17.2 Å². The molecule has 1 N–H and O–H groups in total. The highest BCUT2D eigenvalue weighted by atomic mass is 16.6. The van der Waals surface area contributed by atoms with Crippen LogP contribution < -0.4 is 5.32 Å². The van der Waals surface area contributed by atoms with Gasteiger partial charge in [-0.3, -0.25) is 10.1 Å². The lowest BCUT2D eigenvalue weighted by Gasteiger charge is -2.25. The van der Waals surface area contributed by atoms with Crippen LogP contribution >= 0.6 is 0 Å². The van der Waals surface area contributed by atoms with Crippen molar-refractivity contribution < 1.29 is 9.66 Å². The Hall–Kier alpha value is -1.46. The molecule has 0 aliphatic carbocycles. The molecule has 1 heterocycles. The Morgan fingerprint density at radius 1 is 1.56 bits per heavy atom. The molecular formula is C11H14N2O3. The van der Waals surface area contributed by atoms with Gasteiger partial charge in [-0.15, -0.1) is 0 Å². The molecule has 2 rings (SSSR count). The first-order chi connectivity index (χ1) is 7.70. The molecule has 1 aromatic carbocycles. The van der Waals surface area contributed by atoms with Crippen LogP contribution in [0.5, 0.6) is 0 Å². The smallest absolute Gasteiger partial charge is 0.274 e. The van der Waals surface area contributed by atoms with E-state index in [9.17, 15) is 10.1 Å². The van der Waals surface area contributed by atoms with E-state index in [2.05, 4.69) is 5.32 Å². The number of hydrogen-bond donors (Lipinski definition) is 1. The predicted molar refractivity (Wildman–Crippen MR) is 59.4 cm³/mol. The second-order valence-electron chi connectivity index (χ2n) is 3.85. The fourth-order valence-corrected chi connectivity index (χ4v) is 2.03. The highest BCUT2D eigenvalue weighted by Crippen LogP contribution is 2.29. The highest BCUT2D eigenvalue weighted by Gasteiger charge is 2.25. The summed E-state index contributed by atoms with van der Waals surface area (Å²) in [5.74, 6) is 0. The van der Waals surface area contributed by atoms with Gasteiger partial charge in [0.05, 0.1) is 29.7 Å². The summed E-state index contributed by atoms with van der Waals surface area (Å²) < 4.78 is 5.34. The fourth-order valence-electron chi connectivity index (χ4n) is 2.03. The monoisotopic (exact) mass is 222 g/mol. The van der Waals surface area contributed by atoms with E-state index in [1.807, 2.05) is 13.0 Å². The lowest BCUT2D eigenvalue weighted by molar-refractivity contribution is -0.385. The molecular weight excluding hydrogens is 208 g/mol. The van der Waals surface area contributed by atoms with Crippen LogP contribution in [-0.2, 0) is 4.74 Å². The van der Waals surface area contributed by atoms with Crippen molar-refractivity contribution in [2.45, 2.75) is 13.0 Å². The van der Waals surface area contributed by atoms with Crippen molar-refractivity contribution in [1.29, 1.82) is 0 Å². The van der Waals surface area contributed by atoms with Crippen molar-refractivity contribution >= 4 is 5.69 Å². The number of nitro groups is 1. The third-order valence-corrected chi connectivity index (χ3v) is 2.77. The minimum atomic E-state index is -0.335. The molecule has 1 unspecified atom stereocenters. The van der Waals surface area contributed by atoms with Gasteiger partial charge in [-0.1, -0.05) is 12.1 Å². The van der Waals surface area contributed by atoms with E-state index in [-0.39, 0.29) is 16.7 Å². The molecule has 16 heavy (non-hydrogen) atoms. The molecule has 5 nitrogen and oxygen atoms in total. The quantitative estimate of drug-likeness (QED) is 0.609. The summed E-state index contributed by atoms with van der Waals surface area (Å²) in [5.41, 5.74) is 1.84. The summed E-state index contributed by atoms with van der Waals surface area (Å²) in [5, 5.41) is 14.2. The number of rotatable bonds is 2. The third kappa shape index (κ3) is 2.05. The van der Waals surface area contributed by atoms with E-state index in [1.54, 1.807) is 12.1 Å². The van der Waals surface area contributed by atoms with E-state index >= 15 is 0 Å². The maximum Gasteiger partial charge on any atom is 0.274 e. The van der Waals surface area contributed by atoms with Gasteiger partial charge >= 0.3 is 0 Å². The number of benzene rings is 1. The molecule has 0 spiro atoms. The van der Waals surface area contributed by atoms with Crippen molar-refractivity contribution in [2.75, 3.05) is 19.8 Å². The first-order valence-corrected chi connectivity index (χ1v) is 5.25. The average molecular weight is 222 g/mol. The Morgan fingerprint density at radius 3 is 3.00 bits per heavy atom. The van der Waals surface area contributed by atoms with Crippen molar-refractivity contribution in [2.24, 2.45) is 0 Å². The Balaban J connectivity index is 2.40. The van der Waals surface area contributed by atoms with Crippen LogP contribution in [0.4, 0.5) is 5.69 Å². The van der Waals surface area contributed by atoms with E-state index in [4.69, 9.17) is 4.74 Å². The minimum absolute atomic E-state index is 0.0738. The standard InChI is InChI=1S/C11H14N2O3/c1-8-3-2-4-10(13(14)15)11(8)9-7-16-6-5-12-9/h2-4,9,12H,5-7H2,1H3. The van der Waals surface area contributed by atoms with Crippen LogP contribution in [0.15, 0.2) is 18.2 Å². The summed E-state index contributed by atoms with van der Waals surface area (Å²) in [6.45, 7) is 3.77. The van der Waals surface area contributed by atoms with Crippen molar-refractivity contribution in [1.82, 2.24) is 5.32 Å². The van der Waals surface area contributed by atoms with E-state index < -0.39 is 0 Å². The molecule has 0 bridgehead atoms. The third-order valence-electron chi connectivity index (χ3n) is 2.77. The molecule has 86 valence electrons. The van der Waals surface area contributed by atoms with E-state index in [0.29, 0.717) is 13.2 Å². The van der Waals surface area contributed by atoms with Crippen molar-refractivity contribution in [3.63, 3.8) is 0 Å². The SMILES string of the molecule is Cc1cccc([N+](=O)[O-])c1C1COCCN1. The molecule has 0 aromatic heterocycles. The first kappa shape index (κ1) is 11.0. The molecule has 1 aliphatic heterocycles. The van der Waals surface area contributed by atoms with Gasteiger partial charge in [-0.2, -0.15) is 0 Å². The highest BCUT2D eigenvalue weighted by molar-refractivity contribution is 5.47. The number of ether oxygens (including phenoxy) is 1. The van der Waals surface area contributed by atoms with Crippen molar-refractivity contribution in [3.05, 3.63) is 39.4 Å². The van der Waals surface area contributed by atoms with Gasteiger partial charge in [-0.05, 0) is 12.5 Å². The fraction of sp³-hybridized carbons (Fsp3) is 0.455. The van der Waals surface area contributed by atoms with Gasteiger partial charge in [-0.25, -0.2) is 0 Å². The molecule has 1 aromatic rings. The number of nitrogens with one attached hydrogen (secondary N) is 1. The zero-order valence-corrected chi connectivity index (χ0v) is 9.10. The van der Waals surface area contributed by atoms with Crippen LogP contribution in [0, 0.1) is 17.0 Å². The lowest BCUT2D eigenvalue weighted by atomic mass is 9.99. The van der Waals surface area contributed by atoms with Gasteiger partial charge in [0.25, 0.3) is 5.69 Å². The number of hydrogen-bond acceptors (Lipinski definition) is 4. The number of nitro benzene ring substituents is 1. The zero-order valence-electron chi connectivity index (χ0n) is 9.10. The topological polar surface area (TPSA) is 64.4 Å². The summed E-state index contributed by atoms with van der Waals surface area (Å²) in [4.78, 5) is 10.6. The summed E-state index contributed by atoms with van der Waals surface area (Å²) in [7, 11) is 0. The summed E-state index contributed by atoms with van der Waals surface area (Å²) in [6.07, 6.45) is 0. The lowest BCUT2D eigenvalue weighted by Crippen LogP contribution is -2.35. The second-order valence-corrected chi connectivity index (χ2v) is 3.85. The Labute approximate surface area is 93.6 Å². The van der Waals surface area contributed by atoms with Crippen LogP contribution in [0.3, 0.4) is 0 Å². The van der Waals surface area contributed by atoms with Gasteiger partial charge in [0, 0.05) is 12.6 Å². The normalized spacial score (nSPS) is 20.7. The van der Waals surface area contributed by atoms with E-state index in [1.165, 1.54) is 0 Å². The van der Waals surface area contributed by atoms with Crippen LogP contribution in [0.2, 0.25) is 0 Å². The van der Waals surface area contributed by atoms with Gasteiger partial charge in [0.15, 0.2) is 0 Å². The Kier molecular flexibility index (Phi) is 3.17. The Bertz CT molecular complexity index is 400. The summed E-state index contributed by atoms with van der Waals surface area (Å²) >= 11 is 0.